The summed E-state index contributed by atoms with van der Waals surface area (Å²) in [6, 6.07) is 5.81. The summed E-state index contributed by atoms with van der Waals surface area (Å²) in [4.78, 5) is 0. The van der Waals surface area contributed by atoms with Gasteiger partial charge in [0.05, 0.1) is 6.61 Å². The summed E-state index contributed by atoms with van der Waals surface area (Å²) in [5.74, 6) is 0.826. The highest BCUT2D eigenvalue weighted by Crippen LogP contribution is 2.48. The van der Waals surface area contributed by atoms with Crippen molar-refractivity contribution in [3.05, 3.63) is 18.2 Å². The highest BCUT2D eigenvalue weighted by Gasteiger charge is 2.41. The van der Waals surface area contributed by atoms with Crippen LogP contribution in [0.3, 0.4) is 0 Å². The zero-order valence-corrected chi connectivity index (χ0v) is 11.9. The van der Waals surface area contributed by atoms with E-state index in [4.69, 9.17) is 15.2 Å². The summed E-state index contributed by atoms with van der Waals surface area (Å²) >= 11 is 0. The average molecular weight is 264 g/mol. The third kappa shape index (κ3) is 4.03. The number of benzene rings is 1. The van der Waals surface area contributed by atoms with Crippen molar-refractivity contribution in [2.75, 3.05) is 37.9 Å². The van der Waals surface area contributed by atoms with Crippen LogP contribution < -0.4 is 15.8 Å². The van der Waals surface area contributed by atoms with Crippen molar-refractivity contribution >= 4 is 11.4 Å². The first-order chi connectivity index (χ1) is 9.17. The molecule has 0 aromatic heterocycles. The summed E-state index contributed by atoms with van der Waals surface area (Å²) in [7, 11) is 1.76. The Bertz CT molecular complexity index is 417. The quantitative estimate of drug-likeness (QED) is 0.709. The number of rotatable bonds is 8. The Hall–Kier alpha value is -1.42. The van der Waals surface area contributed by atoms with E-state index in [9.17, 15) is 0 Å². The van der Waals surface area contributed by atoms with Crippen molar-refractivity contribution in [3.63, 3.8) is 0 Å². The highest BCUT2D eigenvalue weighted by atomic mass is 16.5. The second-order valence-electron chi connectivity index (χ2n) is 5.32. The van der Waals surface area contributed by atoms with E-state index in [1.54, 1.807) is 7.11 Å². The number of nitrogens with two attached hydrogens (primary N) is 1. The fourth-order valence-corrected chi connectivity index (χ4v) is 2.27. The van der Waals surface area contributed by atoms with Gasteiger partial charge >= 0.3 is 0 Å². The maximum absolute atomic E-state index is 5.88. The van der Waals surface area contributed by atoms with Gasteiger partial charge in [0.15, 0.2) is 0 Å². The normalized spacial score (nSPS) is 16.1. The Kier molecular flexibility index (Phi) is 4.53. The van der Waals surface area contributed by atoms with Gasteiger partial charge in [0.1, 0.15) is 5.75 Å². The van der Waals surface area contributed by atoms with Crippen LogP contribution in [0.15, 0.2) is 18.2 Å². The number of nitrogen functional groups attached to an aromatic ring is 1. The molecular weight excluding hydrogens is 240 g/mol. The topological polar surface area (TPSA) is 56.5 Å². The molecule has 1 aliphatic carbocycles. The number of hydrogen-bond donors (Lipinski definition) is 2. The summed E-state index contributed by atoms with van der Waals surface area (Å²) in [5.41, 5.74) is 8.07. The predicted octanol–water partition coefficient (Wildman–Crippen LogP) is 2.90. The van der Waals surface area contributed by atoms with Crippen LogP contribution in [0.1, 0.15) is 26.2 Å². The molecule has 1 saturated carbocycles. The molecular formula is C15H24N2O2. The Balaban J connectivity index is 1.92. The molecule has 0 unspecified atom stereocenters. The van der Waals surface area contributed by atoms with E-state index in [0.29, 0.717) is 12.0 Å². The monoisotopic (exact) mass is 264 g/mol. The van der Waals surface area contributed by atoms with E-state index in [-0.39, 0.29) is 0 Å². The maximum atomic E-state index is 5.88. The van der Waals surface area contributed by atoms with E-state index >= 15 is 0 Å². The zero-order chi connectivity index (χ0) is 13.7. The minimum absolute atomic E-state index is 0.423. The molecule has 1 fully saturated rings. The van der Waals surface area contributed by atoms with Crippen molar-refractivity contribution in [1.29, 1.82) is 0 Å². The number of methoxy groups -OCH3 is 1. The van der Waals surface area contributed by atoms with E-state index in [0.717, 1.165) is 36.7 Å². The van der Waals surface area contributed by atoms with E-state index in [1.807, 2.05) is 25.1 Å². The average Bonchev–Trinajstić information content (AvgIpc) is 3.15. The van der Waals surface area contributed by atoms with Crippen LogP contribution in [0.25, 0.3) is 0 Å². The van der Waals surface area contributed by atoms with Crippen LogP contribution in [0, 0.1) is 5.41 Å². The van der Waals surface area contributed by atoms with Gasteiger partial charge in [-0.05, 0) is 37.7 Å². The van der Waals surface area contributed by atoms with Crippen molar-refractivity contribution in [2.24, 2.45) is 5.41 Å². The molecule has 3 N–H and O–H groups in total. The standard InChI is InChI=1S/C15H24N2O2/c1-3-19-14-9-12(16)8-13(10-14)17-11-15(4-5-15)6-7-18-2/h8-10,17H,3-7,11,16H2,1-2H3. The first-order valence-electron chi connectivity index (χ1n) is 6.94. The second kappa shape index (κ2) is 6.15. The van der Waals surface area contributed by atoms with E-state index in [1.165, 1.54) is 12.8 Å². The molecule has 106 valence electrons. The lowest BCUT2D eigenvalue weighted by molar-refractivity contribution is 0.175. The molecule has 4 nitrogen and oxygen atoms in total. The molecule has 0 bridgehead atoms. The summed E-state index contributed by atoms with van der Waals surface area (Å²) < 4.78 is 10.7. The molecule has 0 radical (unpaired) electrons. The lowest BCUT2D eigenvalue weighted by Crippen LogP contribution is -2.17. The molecule has 1 aliphatic rings. The van der Waals surface area contributed by atoms with Crippen molar-refractivity contribution in [2.45, 2.75) is 26.2 Å². The minimum atomic E-state index is 0.423. The van der Waals surface area contributed by atoms with Crippen LogP contribution in [0.5, 0.6) is 5.75 Å². The number of nitrogens with one attached hydrogen (secondary N) is 1. The van der Waals surface area contributed by atoms with Gasteiger partial charge < -0.3 is 20.5 Å². The predicted molar refractivity (Wildman–Crippen MR) is 78.7 cm³/mol. The molecule has 0 heterocycles. The molecule has 0 aliphatic heterocycles. The smallest absolute Gasteiger partial charge is 0.123 e. The largest absolute Gasteiger partial charge is 0.494 e. The summed E-state index contributed by atoms with van der Waals surface area (Å²) in [6.07, 6.45) is 3.69. The Morgan fingerprint density at radius 3 is 2.74 bits per heavy atom. The van der Waals surface area contributed by atoms with Crippen LogP contribution >= 0.6 is 0 Å². The van der Waals surface area contributed by atoms with Crippen LogP contribution in [0.2, 0.25) is 0 Å². The third-order valence-electron chi connectivity index (χ3n) is 3.70. The summed E-state index contributed by atoms with van der Waals surface area (Å²) in [5, 5.41) is 3.48. The highest BCUT2D eigenvalue weighted by molar-refractivity contribution is 5.59. The zero-order valence-electron chi connectivity index (χ0n) is 11.9. The molecule has 0 saturated heterocycles. The van der Waals surface area contributed by atoms with Crippen molar-refractivity contribution < 1.29 is 9.47 Å². The minimum Gasteiger partial charge on any atom is -0.494 e. The van der Waals surface area contributed by atoms with Crippen molar-refractivity contribution in [1.82, 2.24) is 0 Å². The number of ether oxygens (including phenoxy) is 2. The number of anilines is 2. The van der Waals surface area contributed by atoms with Gasteiger partial charge in [-0.25, -0.2) is 0 Å². The molecule has 0 atom stereocenters. The van der Waals surface area contributed by atoms with Gasteiger partial charge in [-0.3, -0.25) is 0 Å². The molecule has 0 amide bonds. The molecule has 2 rings (SSSR count). The Morgan fingerprint density at radius 1 is 1.32 bits per heavy atom. The Morgan fingerprint density at radius 2 is 2.11 bits per heavy atom. The van der Waals surface area contributed by atoms with Crippen LogP contribution in [0.4, 0.5) is 11.4 Å². The fourth-order valence-electron chi connectivity index (χ4n) is 2.27. The first-order valence-corrected chi connectivity index (χ1v) is 6.94. The molecule has 0 spiro atoms. The van der Waals surface area contributed by atoms with Gasteiger partial charge in [0, 0.05) is 43.8 Å². The second-order valence-corrected chi connectivity index (χ2v) is 5.32. The molecule has 1 aromatic rings. The Labute approximate surface area is 115 Å². The van der Waals surface area contributed by atoms with Crippen LogP contribution in [-0.4, -0.2) is 26.9 Å². The molecule has 4 heteroatoms. The van der Waals surface area contributed by atoms with Gasteiger partial charge in [0.25, 0.3) is 0 Å². The van der Waals surface area contributed by atoms with E-state index in [2.05, 4.69) is 5.32 Å². The van der Waals surface area contributed by atoms with E-state index < -0.39 is 0 Å². The molecule has 1 aromatic carbocycles. The van der Waals surface area contributed by atoms with Gasteiger partial charge in [0.2, 0.25) is 0 Å². The fraction of sp³-hybridized carbons (Fsp3) is 0.600. The van der Waals surface area contributed by atoms with Crippen LogP contribution in [-0.2, 0) is 4.74 Å². The molecule has 19 heavy (non-hydrogen) atoms. The SMILES string of the molecule is CCOc1cc(N)cc(NCC2(CCOC)CC2)c1. The van der Waals surface area contributed by atoms with Gasteiger partial charge in [-0.15, -0.1) is 0 Å². The van der Waals surface area contributed by atoms with Gasteiger partial charge in [-0.1, -0.05) is 0 Å². The summed E-state index contributed by atoms with van der Waals surface area (Å²) in [6.45, 7) is 4.44. The lowest BCUT2D eigenvalue weighted by Gasteiger charge is -2.17. The first kappa shape index (κ1) is 14.0. The third-order valence-corrected chi connectivity index (χ3v) is 3.70. The van der Waals surface area contributed by atoms with Gasteiger partial charge in [-0.2, -0.15) is 0 Å². The lowest BCUT2D eigenvalue weighted by atomic mass is 10.0. The van der Waals surface area contributed by atoms with Crippen molar-refractivity contribution in [3.8, 4) is 5.75 Å². The number of hydrogen-bond acceptors (Lipinski definition) is 4. The maximum Gasteiger partial charge on any atom is 0.123 e.